The van der Waals surface area contributed by atoms with Crippen molar-refractivity contribution in [3.8, 4) is 0 Å². The zero-order valence-corrected chi connectivity index (χ0v) is 17.2. The average Bonchev–Trinajstić information content (AvgIpc) is 3.17. The Morgan fingerprint density at radius 2 is 1.90 bits per heavy atom. The molecule has 0 spiro atoms. The van der Waals surface area contributed by atoms with Gasteiger partial charge in [0.05, 0.1) is 29.8 Å². The number of amides is 1. The lowest BCUT2D eigenvalue weighted by molar-refractivity contribution is -0.117. The Labute approximate surface area is 176 Å². The van der Waals surface area contributed by atoms with Crippen molar-refractivity contribution in [2.75, 3.05) is 22.6 Å². The molecule has 0 unspecified atom stereocenters. The number of hydrogen-bond acceptors (Lipinski definition) is 5. The molecule has 10 heteroatoms. The second-order valence-electron chi connectivity index (χ2n) is 7.52. The number of carbonyl (C=O) groups excluding carboxylic acids is 1. The molecule has 1 aliphatic rings. The molecule has 4 rings (SSSR count). The normalized spacial score (nSPS) is 15.6. The highest BCUT2D eigenvalue weighted by Gasteiger charge is 2.28. The van der Waals surface area contributed by atoms with E-state index in [1.165, 1.54) is 4.68 Å². The van der Waals surface area contributed by atoms with Gasteiger partial charge in [0.1, 0.15) is 17.7 Å². The van der Waals surface area contributed by atoms with Crippen molar-refractivity contribution in [3.63, 3.8) is 0 Å². The number of anilines is 3. The molecule has 1 atom stereocenters. The van der Waals surface area contributed by atoms with Crippen LogP contribution in [0.2, 0.25) is 0 Å². The van der Waals surface area contributed by atoms with E-state index in [1.54, 1.807) is 12.4 Å². The molecule has 3 aromatic rings. The third kappa shape index (κ3) is 4.05. The number of aryl methyl sites for hydroxylation is 1. The van der Waals surface area contributed by atoms with Gasteiger partial charge in [0, 0.05) is 43.0 Å². The number of nitrogens with zero attached hydrogens (tertiary/aromatic N) is 4. The topological polar surface area (TPSA) is 75.1 Å². The van der Waals surface area contributed by atoms with Gasteiger partial charge in [-0.1, -0.05) is 0 Å². The van der Waals surface area contributed by atoms with Crippen LogP contribution in [0.5, 0.6) is 0 Å². The van der Waals surface area contributed by atoms with Crippen molar-refractivity contribution in [2.45, 2.75) is 33.0 Å². The molecular weight excluding hydrogens is 409 g/mol. The average molecular weight is 430 g/mol. The molecule has 0 radical (unpaired) electrons. The van der Waals surface area contributed by atoms with Gasteiger partial charge in [-0.3, -0.25) is 9.48 Å². The van der Waals surface area contributed by atoms with Gasteiger partial charge in [0.2, 0.25) is 5.91 Å². The Kier molecular flexibility index (Phi) is 5.30. The summed E-state index contributed by atoms with van der Waals surface area (Å²) >= 11 is 0. The van der Waals surface area contributed by atoms with Gasteiger partial charge < -0.3 is 15.5 Å². The van der Waals surface area contributed by atoms with Gasteiger partial charge in [-0.15, -0.1) is 0 Å². The van der Waals surface area contributed by atoms with Crippen LogP contribution >= 0.6 is 0 Å². The fraction of sp³-hybridized carbons (Fsp3) is 0.286. The van der Waals surface area contributed by atoms with Crippen LogP contribution in [0.4, 0.5) is 30.4 Å². The van der Waals surface area contributed by atoms with E-state index >= 15 is 0 Å². The summed E-state index contributed by atoms with van der Waals surface area (Å²) in [6, 6.07) is 2.93. The number of rotatable bonds is 5. The van der Waals surface area contributed by atoms with Crippen LogP contribution in [-0.2, 0) is 17.9 Å². The van der Waals surface area contributed by atoms with Crippen LogP contribution in [0.3, 0.4) is 0 Å². The van der Waals surface area contributed by atoms with Crippen molar-refractivity contribution in [2.24, 2.45) is 0 Å². The molecule has 0 bridgehead atoms. The van der Waals surface area contributed by atoms with Gasteiger partial charge in [-0.2, -0.15) is 5.10 Å². The first-order valence-corrected chi connectivity index (χ1v) is 9.67. The van der Waals surface area contributed by atoms with Gasteiger partial charge in [-0.05, 0) is 19.9 Å². The molecule has 2 aromatic heterocycles. The summed E-state index contributed by atoms with van der Waals surface area (Å²) < 4.78 is 41.8. The molecule has 0 saturated carbocycles. The molecule has 7 nitrogen and oxygen atoms in total. The van der Waals surface area contributed by atoms with E-state index in [1.807, 2.05) is 31.9 Å². The molecule has 1 amide bonds. The Balaban J connectivity index is 1.46. The van der Waals surface area contributed by atoms with E-state index in [2.05, 4.69) is 20.7 Å². The molecule has 0 saturated heterocycles. The Bertz CT molecular complexity index is 1160. The molecule has 0 fully saturated rings. The highest BCUT2D eigenvalue weighted by molar-refractivity contribution is 6.04. The van der Waals surface area contributed by atoms with Crippen LogP contribution < -0.4 is 15.5 Å². The Hall–Kier alpha value is -3.56. The van der Waals surface area contributed by atoms with Crippen molar-refractivity contribution < 1.29 is 18.0 Å². The first kappa shape index (κ1) is 20.7. The van der Waals surface area contributed by atoms with Gasteiger partial charge in [0.15, 0.2) is 11.6 Å². The third-order valence-electron chi connectivity index (χ3n) is 5.35. The number of benzene rings is 1. The predicted molar refractivity (Wildman–Crippen MR) is 110 cm³/mol. The Morgan fingerprint density at radius 1 is 1.16 bits per heavy atom. The minimum atomic E-state index is -1.22. The smallest absolute Gasteiger partial charge is 0.246 e. The highest BCUT2D eigenvalue weighted by Crippen LogP contribution is 2.34. The highest BCUT2D eigenvalue weighted by atomic mass is 19.2. The lowest BCUT2D eigenvalue weighted by atomic mass is 10.1. The second-order valence-corrected chi connectivity index (χ2v) is 7.52. The fourth-order valence-electron chi connectivity index (χ4n) is 3.43. The van der Waals surface area contributed by atoms with Crippen molar-refractivity contribution in [1.82, 2.24) is 14.8 Å². The van der Waals surface area contributed by atoms with Crippen LogP contribution in [-0.4, -0.2) is 33.8 Å². The quantitative estimate of drug-likeness (QED) is 0.607. The van der Waals surface area contributed by atoms with Crippen LogP contribution in [0, 0.1) is 24.4 Å². The molecule has 0 aliphatic carbocycles. The fourth-order valence-corrected chi connectivity index (χ4v) is 3.43. The van der Waals surface area contributed by atoms with Gasteiger partial charge in [-0.25, -0.2) is 18.2 Å². The molecule has 3 heterocycles. The zero-order valence-electron chi connectivity index (χ0n) is 17.2. The van der Waals surface area contributed by atoms with E-state index in [4.69, 9.17) is 0 Å². The predicted octanol–water partition coefficient (Wildman–Crippen LogP) is 3.44. The second kappa shape index (κ2) is 7.93. The maximum Gasteiger partial charge on any atom is 0.246 e. The van der Waals surface area contributed by atoms with Crippen LogP contribution in [0.1, 0.15) is 23.7 Å². The number of fused-ring (bicyclic) bond motifs is 1. The molecule has 162 valence electrons. The van der Waals surface area contributed by atoms with Gasteiger partial charge in [0.25, 0.3) is 0 Å². The molecule has 31 heavy (non-hydrogen) atoms. The lowest BCUT2D eigenvalue weighted by Gasteiger charge is -2.34. The zero-order chi connectivity index (χ0) is 22.3. The molecule has 2 N–H and O–H groups in total. The molecule has 1 aliphatic heterocycles. The van der Waals surface area contributed by atoms with E-state index in [-0.39, 0.29) is 24.1 Å². The SMILES string of the molecule is Cc1nc(NCc2cnn(Cc3cc(F)c(F)cc3F)c2)cc2c1NC(=O)[C@H](C)N2C. The van der Waals surface area contributed by atoms with E-state index in [9.17, 15) is 18.0 Å². The minimum absolute atomic E-state index is 0.00712. The molecule has 1 aromatic carbocycles. The maximum absolute atomic E-state index is 13.9. The summed E-state index contributed by atoms with van der Waals surface area (Å²) in [7, 11) is 1.85. The third-order valence-corrected chi connectivity index (χ3v) is 5.35. The summed E-state index contributed by atoms with van der Waals surface area (Å²) in [4.78, 5) is 18.4. The van der Waals surface area contributed by atoms with Crippen molar-refractivity contribution in [3.05, 3.63) is 64.9 Å². The number of carbonyl (C=O) groups is 1. The minimum Gasteiger partial charge on any atom is -0.366 e. The van der Waals surface area contributed by atoms with Crippen LogP contribution in [0.15, 0.2) is 30.6 Å². The van der Waals surface area contributed by atoms with E-state index in [0.717, 1.165) is 17.3 Å². The number of likely N-dealkylation sites (N-methyl/N-ethyl adjacent to an activating group) is 1. The number of nitrogens with one attached hydrogen (secondary N) is 2. The number of hydrogen-bond donors (Lipinski definition) is 2. The number of halogens is 3. The standard InChI is InChI=1S/C21H21F3N6O/c1-11-20-18(29(3)12(2)21(31)28-20)6-19(27-11)25-7-13-8-26-30(9-13)10-14-4-16(23)17(24)5-15(14)22/h4-6,8-9,12H,7,10H2,1-3H3,(H,25,27)(H,28,31)/t12-/m0/s1. The maximum atomic E-state index is 13.9. The first-order chi connectivity index (χ1) is 14.7. The monoisotopic (exact) mass is 430 g/mol. The van der Waals surface area contributed by atoms with Crippen molar-refractivity contribution >= 4 is 23.1 Å². The van der Waals surface area contributed by atoms with Gasteiger partial charge >= 0.3 is 0 Å². The Morgan fingerprint density at radius 3 is 2.68 bits per heavy atom. The summed E-state index contributed by atoms with van der Waals surface area (Å²) in [6.45, 7) is 4.02. The summed E-state index contributed by atoms with van der Waals surface area (Å²) in [5.41, 5.74) is 3.06. The number of pyridine rings is 1. The summed E-state index contributed by atoms with van der Waals surface area (Å²) in [5, 5.41) is 10.3. The largest absolute Gasteiger partial charge is 0.366 e. The lowest BCUT2D eigenvalue weighted by Crippen LogP contribution is -2.44. The molecular formula is C21H21F3N6O. The van der Waals surface area contributed by atoms with E-state index < -0.39 is 17.5 Å². The number of aromatic nitrogens is 3. The summed E-state index contributed by atoms with van der Waals surface area (Å²) in [6.07, 6.45) is 3.29. The van der Waals surface area contributed by atoms with E-state index in [0.29, 0.717) is 29.8 Å². The van der Waals surface area contributed by atoms with Crippen LogP contribution in [0.25, 0.3) is 0 Å². The summed E-state index contributed by atoms with van der Waals surface area (Å²) in [5.74, 6) is -2.60. The van der Waals surface area contributed by atoms with Crippen molar-refractivity contribution in [1.29, 1.82) is 0 Å². The first-order valence-electron chi connectivity index (χ1n) is 9.67.